The normalized spacial score (nSPS) is 18.2. The molecule has 2 aromatic rings. The van der Waals surface area contributed by atoms with Crippen LogP contribution in [0.1, 0.15) is 18.9 Å². The Bertz CT molecular complexity index is 899. The van der Waals surface area contributed by atoms with Crippen LogP contribution in [-0.4, -0.2) is 47.5 Å². The number of carbonyl (C=O) groups is 1. The zero-order valence-corrected chi connectivity index (χ0v) is 16.4. The molecule has 1 fully saturated rings. The number of alkyl halides is 3. The number of halogens is 3. The summed E-state index contributed by atoms with van der Waals surface area (Å²) in [6.07, 6.45) is 0.719. The second kappa shape index (κ2) is 9.02. The maximum Gasteiger partial charge on any atom is 0.573 e. The highest BCUT2D eigenvalue weighted by atomic mass is 19.4. The number of likely N-dealkylation sites (tertiary alicyclic amines) is 1. The third-order valence-electron chi connectivity index (χ3n) is 4.62. The molecule has 2 amide bonds. The van der Waals surface area contributed by atoms with E-state index in [0.717, 1.165) is 11.1 Å². The Labute approximate surface area is 171 Å². The summed E-state index contributed by atoms with van der Waals surface area (Å²) in [4.78, 5) is 22.2. The van der Waals surface area contributed by atoms with Crippen molar-refractivity contribution in [1.82, 2.24) is 14.9 Å². The minimum Gasteiger partial charge on any atom is -0.480 e. The second-order valence-corrected chi connectivity index (χ2v) is 6.81. The van der Waals surface area contributed by atoms with E-state index in [0.29, 0.717) is 31.2 Å². The molecule has 7 nitrogen and oxygen atoms in total. The first-order chi connectivity index (χ1) is 14.2. The molecule has 1 aliphatic heterocycles. The highest BCUT2D eigenvalue weighted by Crippen LogP contribution is 2.27. The number of aromatic nitrogens is 2. The van der Waals surface area contributed by atoms with E-state index in [1.165, 1.54) is 31.6 Å². The van der Waals surface area contributed by atoms with Gasteiger partial charge in [-0.2, -0.15) is 0 Å². The van der Waals surface area contributed by atoms with E-state index >= 15 is 0 Å². The van der Waals surface area contributed by atoms with Crippen molar-refractivity contribution >= 4 is 17.9 Å². The van der Waals surface area contributed by atoms with Gasteiger partial charge in [-0.25, -0.2) is 14.8 Å². The van der Waals surface area contributed by atoms with Crippen LogP contribution >= 0.6 is 0 Å². The molecule has 0 radical (unpaired) electrons. The van der Waals surface area contributed by atoms with Gasteiger partial charge in [-0.1, -0.05) is 30.7 Å². The van der Waals surface area contributed by atoms with Gasteiger partial charge in [0.2, 0.25) is 5.88 Å². The molecule has 0 aliphatic carbocycles. The Hall–Kier alpha value is -3.30. The number of piperidine rings is 1. The summed E-state index contributed by atoms with van der Waals surface area (Å²) in [7, 11) is 1.48. The first-order valence-electron chi connectivity index (χ1n) is 9.22. The van der Waals surface area contributed by atoms with Crippen LogP contribution in [0.2, 0.25) is 0 Å². The zero-order valence-electron chi connectivity index (χ0n) is 16.4. The van der Waals surface area contributed by atoms with Crippen molar-refractivity contribution in [3.63, 3.8) is 0 Å². The minimum atomic E-state index is -4.71. The molecule has 1 saturated heterocycles. The number of benzene rings is 1. The Morgan fingerprint density at radius 2 is 1.97 bits per heavy atom. The van der Waals surface area contributed by atoms with Gasteiger partial charge in [0.25, 0.3) is 0 Å². The summed E-state index contributed by atoms with van der Waals surface area (Å²) < 4.78 is 45.6. The highest BCUT2D eigenvalue weighted by molar-refractivity contribution is 5.88. The average Bonchev–Trinajstić information content (AvgIpc) is 2.70. The summed E-state index contributed by atoms with van der Waals surface area (Å²) in [6.45, 7) is 3.02. The predicted molar refractivity (Wildman–Crippen MR) is 104 cm³/mol. The van der Waals surface area contributed by atoms with E-state index in [1.807, 2.05) is 13.0 Å². The molecule has 30 heavy (non-hydrogen) atoms. The lowest BCUT2D eigenvalue weighted by molar-refractivity contribution is -0.274. The number of urea groups is 1. The molecule has 1 aliphatic rings. The molecule has 10 heteroatoms. The number of anilines is 1. The van der Waals surface area contributed by atoms with Crippen LogP contribution in [0.15, 0.2) is 42.2 Å². The largest absolute Gasteiger partial charge is 0.573 e. The van der Waals surface area contributed by atoms with Gasteiger partial charge in [0, 0.05) is 13.1 Å². The summed E-state index contributed by atoms with van der Waals surface area (Å²) in [5, 5.41) is 2.71. The molecule has 1 aromatic carbocycles. The monoisotopic (exact) mass is 422 g/mol. The number of ether oxygens (including phenoxy) is 2. The van der Waals surface area contributed by atoms with Crippen LogP contribution in [0.3, 0.4) is 0 Å². The van der Waals surface area contributed by atoms with Crippen molar-refractivity contribution in [2.24, 2.45) is 5.92 Å². The van der Waals surface area contributed by atoms with Gasteiger partial charge in [-0.3, -0.25) is 5.32 Å². The number of rotatable bonds is 4. The highest BCUT2D eigenvalue weighted by Gasteiger charge is 2.31. The lowest BCUT2D eigenvalue weighted by Crippen LogP contribution is -2.42. The number of nitrogens with one attached hydrogen (secondary N) is 1. The number of amides is 2. The molecular formula is C20H21F3N4O3. The molecule has 0 spiro atoms. The quantitative estimate of drug-likeness (QED) is 0.793. The standard InChI is InChI=1S/C20H21F3N4O3/c1-13-12-27(19(28)26-17-10-25-18(29-2)11-24-17)8-7-15(13)9-14-3-5-16(6-4-14)30-20(21,22)23/h3-6,9-11,13H,7-8,12H2,1-2H3,(H,24,26,28). The van der Waals surface area contributed by atoms with E-state index in [-0.39, 0.29) is 17.7 Å². The molecule has 0 bridgehead atoms. The van der Waals surface area contributed by atoms with Crippen LogP contribution in [0.25, 0.3) is 6.08 Å². The van der Waals surface area contributed by atoms with Crippen LogP contribution in [0.5, 0.6) is 11.6 Å². The van der Waals surface area contributed by atoms with Crippen LogP contribution < -0.4 is 14.8 Å². The van der Waals surface area contributed by atoms with Crippen molar-refractivity contribution in [2.75, 3.05) is 25.5 Å². The maximum absolute atomic E-state index is 12.5. The Morgan fingerprint density at radius 3 is 2.53 bits per heavy atom. The van der Waals surface area contributed by atoms with Crippen molar-refractivity contribution in [3.05, 3.63) is 47.8 Å². The molecule has 1 atom stereocenters. The van der Waals surface area contributed by atoms with E-state index in [4.69, 9.17) is 4.74 Å². The van der Waals surface area contributed by atoms with Crippen molar-refractivity contribution in [2.45, 2.75) is 19.7 Å². The van der Waals surface area contributed by atoms with Gasteiger partial charge < -0.3 is 14.4 Å². The summed E-state index contributed by atoms with van der Waals surface area (Å²) in [5.41, 5.74) is 1.89. The molecule has 3 rings (SSSR count). The fourth-order valence-electron chi connectivity index (χ4n) is 3.10. The van der Waals surface area contributed by atoms with Gasteiger partial charge in [0.15, 0.2) is 5.82 Å². The second-order valence-electron chi connectivity index (χ2n) is 6.81. The third-order valence-corrected chi connectivity index (χ3v) is 4.62. The zero-order chi connectivity index (χ0) is 21.7. The van der Waals surface area contributed by atoms with Crippen molar-refractivity contribution in [1.29, 1.82) is 0 Å². The molecule has 160 valence electrons. The smallest absolute Gasteiger partial charge is 0.480 e. The third kappa shape index (κ3) is 5.85. The lowest BCUT2D eigenvalue weighted by Gasteiger charge is -2.33. The maximum atomic E-state index is 12.5. The molecule has 1 unspecified atom stereocenters. The number of methoxy groups -OCH3 is 1. The SMILES string of the molecule is COc1cnc(NC(=O)N2CCC(=Cc3ccc(OC(F)(F)F)cc3)C(C)C2)cn1. The molecule has 0 saturated carbocycles. The summed E-state index contributed by atoms with van der Waals surface area (Å²) in [6, 6.07) is 5.44. The van der Waals surface area contributed by atoms with E-state index in [9.17, 15) is 18.0 Å². The van der Waals surface area contributed by atoms with Gasteiger partial charge in [0.1, 0.15) is 5.75 Å². The summed E-state index contributed by atoms with van der Waals surface area (Å²) in [5.74, 6) is 0.520. The fraction of sp³-hybridized carbons (Fsp3) is 0.350. The number of hydrogen-bond donors (Lipinski definition) is 1. The Balaban J connectivity index is 1.58. The van der Waals surface area contributed by atoms with E-state index in [2.05, 4.69) is 20.0 Å². The van der Waals surface area contributed by atoms with Gasteiger partial charge >= 0.3 is 12.4 Å². The molecule has 1 aromatic heterocycles. The number of carbonyl (C=O) groups excluding carboxylic acids is 1. The van der Waals surface area contributed by atoms with Crippen LogP contribution in [0.4, 0.5) is 23.8 Å². The first kappa shape index (κ1) is 21.4. The van der Waals surface area contributed by atoms with Gasteiger partial charge in [0.05, 0.1) is 19.5 Å². The van der Waals surface area contributed by atoms with Gasteiger partial charge in [-0.05, 0) is 30.0 Å². The topological polar surface area (TPSA) is 76.6 Å². The van der Waals surface area contributed by atoms with Crippen LogP contribution in [0, 0.1) is 5.92 Å². The molecular weight excluding hydrogens is 401 g/mol. The van der Waals surface area contributed by atoms with Gasteiger partial charge in [-0.15, -0.1) is 13.2 Å². The minimum absolute atomic E-state index is 0.0950. The van der Waals surface area contributed by atoms with E-state index < -0.39 is 6.36 Å². The molecule has 2 heterocycles. The predicted octanol–water partition coefficient (Wildman–Crippen LogP) is 4.34. The Morgan fingerprint density at radius 1 is 1.23 bits per heavy atom. The number of hydrogen-bond acceptors (Lipinski definition) is 5. The van der Waals surface area contributed by atoms with Crippen molar-refractivity contribution in [3.8, 4) is 11.6 Å². The molecule has 1 N–H and O–H groups in total. The Kier molecular flexibility index (Phi) is 6.43. The first-order valence-corrected chi connectivity index (χ1v) is 9.22. The lowest BCUT2D eigenvalue weighted by atomic mass is 9.91. The van der Waals surface area contributed by atoms with Crippen molar-refractivity contribution < 1.29 is 27.4 Å². The van der Waals surface area contributed by atoms with E-state index in [1.54, 1.807) is 17.0 Å². The fourth-order valence-corrected chi connectivity index (χ4v) is 3.10. The summed E-state index contributed by atoms with van der Waals surface area (Å²) >= 11 is 0. The number of nitrogens with zero attached hydrogens (tertiary/aromatic N) is 3. The average molecular weight is 422 g/mol. The van der Waals surface area contributed by atoms with Crippen LogP contribution in [-0.2, 0) is 0 Å².